The molecule has 3 heteroatoms. The molecular formula is C80H50N2O. The van der Waals surface area contributed by atoms with Gasteiger partial charge in [0.2, 0.25) is 0 Å². The van der Waals surface area contributed by atoms with E-state index in [0.29, 0.717) is 0 Å². The van der Waals surface area contributed by atoms with Gasteiger partial charge in [0.1, 0.15) is 11.2 Å². The lowest BCUT2D eigenvalue weighted by atomic mass is 9.64. The van der Waals surface area contributed by atoms with E-state index in [1.807, 2.05) is 0 Å². The van der Waals surface area contributed by atoms with E-state index in [4.69, 9.17) is 4.42 Å². The predicted octanol–water partition coefficient (Wildman–Crippen LogP) is 20.9. The topological polar surface area (TPSA) is 19.6 Å². The summed E-state index contributed by atoms with van der Waals surface area (Å²) < 4.78 is 6.67. The smallest absolute Gasteiger partial charge is 0.137 e. The molecular weight excluding hydrogens is 1000 g/mol. The summed E-state index contributed by atoms with van der Waals surface area (Å²) in [7, 11) is 0. The van der Waals surface area contributed by atoms with Crippen LogP contribution in [0.25, 0.3) is 77.6 Å². The molecule has 1 aliphatic heterocycles. The molecule has 0 N–H and O–H groups in total. The lowest BCUT2D eigenvalue weighted by Gasteiger charge is -2.44. The number of nitrogens with zero attached hydrogens (tertiary/aromatic N) is 2. The molecule has 3 nitrogen and oxygen atoms in total. The fourth-order valence-electron chi connectivity index (χ4n) is 15.5. The Morgan fingerprint density at radius 3 is 1.54 bits per heavy atom. The van der Waals surface area contributed by atoms with Crippen molar-refractivity contribution in [3.8, 4) is 55.6 Å². The maximum atomic E-state index is 6.67. The lowest BCUT2D eigenvalue weighted by molar-refractivity contribution is 0.669. The van der Waals surface area contributed by atoms with Gasteiger partial charge in [-0.3, -0.25) is 0 Å². The average Bonchev–Trinajstić information content (AvgIpc) is 3.61. The van der Waals surface area contributed by atoms with Crippen molar-refractivity contribution in [2.24, 2.45) is 0 Å². The Morgan fingerprint density at radius 2 is 0.819 bits per heavy atom. The van der Waals surface area contributed by atoms with Gasteiger partial charge in [0.25, 0.3) is 0 Å². The van der Waals surface area contributed by atoms with Crippen molar-refractivity contribution < 1.29 is 4.42 Å². The van der Waals surface area contributed by atoms with Gasteiger partial charge in [0, 0.05) is 28.0 Å². The van der Waals surface area contributed by atoms with Crippen LogP contribution in [0.15, 0.2) is 308 Å². The first kappa shape index (κ1) is 46.1. The van der Waals surface area contributed by atoms with Crippen LogP contribution < -0.4 is 9.80 Å². The first-order chi connectivity index (χ1) is 41.2. The molecule has 14 aromatic rings. The minimum Gasteiger partial charge on any atom is -0.456 e. The Labute approximate surface area is 481 Å². The van der Waals surface area contributed by atoms with E-state index in [1.54, 1.807) is 0 Å². The minimum absolute atomic E-state index is 0.503. The lowest BCUT2D eigenvalue weighted by Crippen LogP contribution is -2.35. The molecule has 2 heterocycles. The average molecular weight is 1060 g/mol. The Bertz CT molecular complexity index is 4920. The highest BCUT2D eigenvalue weighted by Gasteiger charge is 2.54. The van der Waals surface area contributed by atoms with Gasteiger partial charge in [-0.1, -0.05) is 224 Å². The highest BCUT2D eigenvalue weighted by atomic mass is 16.3. The van der Waals surface area contributed by atoms with Gasteiger partial charge in [-0.05, 0) is 173 Å². The number of furan rings is 1. The van der Waals surface area contributed by atoms with Crippen molar-refractivity contribution in [3.63, 3.8) is 0 Å². The zero-order valence-electron chi connectivity index (χ0n) is 45.2. The van der Waals surface area contributed by atoms with Crippen LogP contribution in [0.5, 0.6) is 0 Å². The number of para-hydroxylation sites is 3. The number of hydrogen-bond acceptors (Lipinski definition) is 3. The molecule has 0 saturated heterocycles. The molecule has 0 bridgehead atoms. The van der Waals surface area contributed by atoms with Crippen LogP contribution in [0.2, 0.25) is 0 Å². The second-order valence-electron chi connectivity index (χ2n) is 22.6. The van der Waals surface area contributed by atoms with Gasteiger partial charge < -0.3 is 14.2 Å². The van der Waals surface area contributed by atoms with Crippen molar-refractivity contribution in [1.29, 1.82) is 0 Å². The second kappa shape index (κ2) is 17.4. The summed E-state index contributed by atoms with van der Waals surface area (Å²) in [6, 6.07) is 113. The molecule has 0 fully saturated rings. The Morgan fingerprint density at radius 1 is 0.301 bits per heavy atom. The van der Waals surface area contributed by atoms with Crippen molar-refractivity contribution in [1.82, 2.24) is 0 Å². The van der Waals surface area contributed by atoms with Gasteiger partial charge >= 0.3 is 0 Å². The molecule has 0 radical (unpaired) electrons. The van der Waals surface area contributed by atoms with Crippen LogP contribution in [0.4, 0.5) is 34.1 Å². The van der Waals surface area contributed by atoms with Crippen LogP contribution in [0.1, 0.15) is 44.5 Å². The van der Waals surface area contributed by atoms with Crippen molar-refractivity contribution in [2.75, 3.05) is 9.80 Å². The van der Waals surface area contributed by atoms with E-state index in [0.717, 1.165) is 50.3 Å². The fraction of sp³-hybridized carbons (Fsp3) is 0.0250. The molecule has 386 valence electrons. The summed E-state index contributed by atoms with van der Waals surface area (Å²) in [6.07, 6.45) is 0. The first-order valence-electron chi connectivity index (χ1n) is 28.8. The molecule has 1 atom stereocenters. The van der Waals surface area contributed by atoms with Crippen LogP contribution in [-0.4, -0.2) is 0 Å². The zero-order chi connectivity index (χ0) is 54.4. The third-order valence-electron chi connectivity index (χ3n) is 18.7. The summed E-state index contributed by atoms with van der Waals surface area (Å²) in [5, 5.41) is 2.16. The molecule has 18 rings (SSSR count). The molecule has 13 aromatic carbocycles. The summed E-state index contributed by atoms with van der Waals surface area (Å²) in [5.41, 5.74) is 30.0. The minimum atomic E-state index is -0.609. The molecule has 1 spiro atoms. The molecule has 1 unspecified atom stereocenters. The largest absolute Gasteiger partial charge is 0.456 e. The normalized spacial score (nSPS) is 15.1. The van der Waals surface area contributed by atoms with Crippen molar-refractivity contribution in [3.05, 3.63) is 348 Å². The van der Waals surface area contributed by atoms with Gasteiger partial charge in [-0.15, -0.1) is 0 Å². The molecule has 0 amide bonds. The van der Waals surface area contributed by atoms with E-state index >= 15 is 0 Å². The molecule has 4 aliphatic rings. The predicted molar refractivity (Wildman–Crippen MR) is 341 cm³/mol. The first-order valence-corrected chi connectivity index (χ1v) is 28.8. The fourth-order valence-corrected chi connectivity index (χ4v) is 15.5. The maximum Gasteiger partial charge on any atom is 0.137 e. The standard InChI is InChI=1S/C80H50N2O/c1-4-22-51(23-5-1)63-49-65-61-32-20-39-74-78(61)79(53-24-6-2-7-25-53,69-36-17-18-37-72(69)82(74)54-26-8-3-9-27-54)71(65)50-64(63)52-42-44-55(45-43-52)81(73-38-21-41-76-77(73)62-31-13-19-40-75(62)83-76)56-46-47-60-59-30-12-16-35-68(59)80(70(60)48-56)66-33-14-10-28-57(66)58-29-11-15-34-67(58)80/h1-50H. The summed E-state index contributed by atoms with van der Waals surface area (Å²) >= 11 is 0. The number of anilines is 6. The molecule has 3 aliphatic carbocycles. The zero-order valence-corrected chi connectivity index (χ0v) is 45.2. The van der Waals surface area contributed by atoms with Crippen molar-refractivity contribution in [2.45, 2.75) is 10.8 Å². The van der Waals surface area contributed by atoms with Crippen LogP contribution >= 0.6 is 0 Å². The SMILES string of the molecule is c1ccc(-c2cc3c(cc2-c2ccc(N(c4ccc5c(c4)C4(c6ccccc6-c6ccccc64)c4ccccc4-5)c4cccc5oc6ccccc6c45)cc2)C2(c4ccccc4)c4ccccc4N(c4ccccc4)c4cccc-3c42)cc1. The third kappa shape index (κ3) is 6.18. The quantitative estimate of drug-likeness (QED) is 0.159. The summed E-state index contributed by atoms with van der Waals surface area (Å²) in [5.74, 6) is 0. The monoisotopic (exact) mass is 1050 g/mol. The second-order valence-corrected chi connectivity index (χ2v) is 22.6. The van der Waals surface area contributed by atoms with Crippen LogP contribution in [0.3, 0.4) is 0 Å². The number of rotatable bonds is 7. The number of fused-ring (bicyclic) bond motifs is 18. The molecule has 0 saturated carbocycles. The van der Waals surface area contributed by atoms with Gasteiger partial charge in [0.05, 0.1) is 33.3 Å². The molecule has 83 heavy (non-hydrogen) atoms. The van der Waals surface area contributed by atoms with E-state index in [9.17, 15) is 0 Å². The highest BCUT2D eigenvalue weighted by Crippen LogP contribution is 2.67. The van der Waals surface area contributed by atoms with E-state index in [2.05, 4.69) is 313 Å². The Hall–Kier alpha value is -10.7. The summed E-state index contributed by atoms with van der Waals surface area (Å²) in [4.78, 5) is 4.95. The number of hydrogen-bond donors (Lipinski definition) is 0. The number of benzene rings is 13. The van der Waals surface area contributed by atoms with Crippen molar-refractivity contribution >= 4 is 56.1 Å². The Balaban J connectivity index is 0.869. The van der Waals surface area contributed by atoms with Gasteiger partial charge in [0.15, 0.2) is 0 Å². The highest BCUT2D eigenvalue weighted by molar-refractivity contribution is 6.14. The maximum absolute atomic E-state index is 6.67. The van der Waals surface area contributed by atoms with E-state index < -0.39 is 10.8 Å². The summed E-state index contributed by atoms with van der Waals surface area (Å²) in [6.45, 7) is 0. The Kier molecular flexibility index (Phi) is 9.64. The van der Waals surface area contributed by atoms with Crippen LogP contribution in [0, 0.1) is 0 Å². The third-order valence-corrected chi connectivity index (χ3v) is 18.7. The van der Waals surface area contributed by atoms with Gasteiger partial charge in [-0.2, -0.15) is 0 Å². The van der Waals surface area contributed by atoms with E-state index in [1.165, 1.54) is 106 Å². The van der Waals surface area contributed by atoms with E-state index in [-0.39, 0.29) is 0 Å². The molecule has 1 aromatic heterocycles. The van der Waals surface area contributed by atoms with Gasteiger partial charge in [-0.25, -0.2) is 0 Å². The van der Waals surface area contributed by atoms with Crippen LogP contribution in [-0.2, 0) is 10.8 Å².